The van der Waals surface area contributed by atoms with Crippen molar-refractivity contribution in [3.63, 3.8) is 0 Å². The number of unbranched alkanes of at least 4 members (excludes halogenated alkanes) is 1. The molecule has 0 radical (unpaired) electrons. The standard InChI is InChI=1S/C27H38/c1-4-6-7-24-13-15-25(21(3)20-24)14-10-23-11-18-27(19-12-23)26-16-8-22(5-2)9-17-26/h8-9,11-12,16-19,21,24-25H,4-7,10,13-15,20H2,1-3H3. The van der Waals surface area contributed by atoms with Crippen LogP contribution in [0, 0.1) is 17.8 Å². The van der Waals surface area contributed by atoms with Crippen LogP contribution in [-0.2, 0) is 12.8 Å². The van der Waals surface area contributed by atoms with Gasteiger partial charge in [-0.3, -0.25) is 0 Å². The number of aryl methyl sites for hydroxylation is 2. The summed E-state index contributed by atoms with van der Waals surface area (Å²) in [6.07, 6.45) is 12.4. The van der Waals surface area contributed by atoms with Crippen molar-refractivity contribution in [3.8, 4) is 11.1 Å². The molecular formula is C27H38. The summed E-state index contributed by atoms with van der Waals surface area (Å²) in [6.45, 7) is 7.04. The molecule has 3 rings (SSSR count). The molecule has 0 aromatic heterocycles. The maximum Gasteiger partial charge on any atom is -0.0184 e. The average Bonchev–Trinajstić information content (AvgIpc) is 2.72. The maximum atomic E-state index is 2.51. The topological polar surface area (TPSA) is 0 Å². The van der Waals surface area contributed by atoms with Crippen molar-refractivity contribution in [2.24, 2.45) is 17.8 Å². The van der Waals surface area contributed by atoms with Gasteiger partial charge in [-0.1, -0.05) is 95.0 Å². The van der Waals surface area contributed by atoms with Gasteiger partial charge in [0.05, 0.1) is 0 Å². The van der Waals surface area contributed by atoms with Crippen molar-refractivity contribution < 1.29 is 0 Å². The Balaban J connectivity index is 1.50. The summed E-state index contributed by atoms with van der Waals surface area (Å²) in [5.74, 6) is 2.86. The molecule has 0 amide bonds. The highest BCUT2D eigenvalue weighted by Gasteiger charge is 2.26. The van der Waals surface area contributed by atoms with E-state index >= 15 is 0 Å². The smallest absolute Gasteiger partial charge is 0.0184 e. The first-order chi connectivity index (χ1) is 13.2. The molecular weight excluding hydrogens is 324 g/mol. The van der Waals surface area contributed by atoms with Crippen molar-refractivity contribution in [3.05, 3.63) is 59.7 Å². The largest absolute Gasteiger partial charge is 0.0654 e. The van der Waals surface area contributed by atoms with Crippen LogP contribution >= 0.6 is 0 Å². The molecule has 0 N–H and O–H groups in total. The van der Waals surface area contributed by atoms with Gasteiger partial charge in [-0.2, -0.15) is 0 Å². The van der Waals surface area contributed by atoms with E-state index in [4.69, 9.17) is 0 Å². The Morgan fingerprint density at radius 3 is 1.96 bits per heavy atom. The van der Waals surface area contributed by atoms with Crippen LogP contribution in [0.15, 0.2) is 48.5 Å². The van der Waals surface area contributed by atoms with Gasteiger partial charge in [0.25, 0.3) is 0 Å². The highest BCUT2D eigenvalue weighted by molar-refractivity contribution is 5.63. The zero-order chi connectivity index (χ0) is 19.1. The van der Waals surface area contributed by atoms with Crippen molar-refractivity contribution in [2.75, 3.05) is 0 Å². The van der Waals surface area contributed by atoms with Crippen LogP contribution in [0.3, 0.4) is 0 Å². The monoisotopic (exact) mass is 362 g/mol. The van der Waals surface area contributed by atoms with E-state index in [-0.39, 0.29) is 0 Å². The van der Waals surface area contributed by atoms with Gasteiger partial charge in [0.15, 0.2) is 0 Å². The van der Waals surface area contributed by atoms with Gasteiger partial charge in [0.2, 0.25) is 0 Å². The predicted octanol–water partition coefficient (Wildman–Crippen LogP) is 8.09. The third-order valence-electron chi connectivity index (χ3n) is 6.87. The summed E-state index contributed by atoms with van der Waals surface area (Å²) < 4.78 is 0. The second-order valence-corrected chi connectivity index (χ2v) is 8.84. The van der Waals surface area contributed by atoms with E-state index in [9.17, 15) is 0 Å². The number of hydrogen-bond acceptors (Lipinski definition) is 0. The molecule has 0 bridgehead atoms. The first kappa shape index (κ1) is 20.2. The van der Waals surface area contributed by atoms with Crippen LogP contribution in [0.5, 0.6) is 0 Å². The van der Waals surface area contributed by atoms with Crippen LogP contribution in [0.4, 0.5) is 0 Å². The Morgan fingerprint density at radius 1 is 0.778 bits per heavy atom. The highest BCUT2D eigenvalue weighted by Crippen LogP contribution is 2.38. The van der Waals surface area contributed by atoms with E-state index in [1.165, 1.54) is 73.6 Å². The third-order valence-corrected chi connectivity index (χ3v) is 6.87. The fraction of sp³-hybridized carbons (Fsp3) is 0.556. The van der Waals surface area contributed by atoms with Crippen molar-refractivity contribution >= 4 is 0 Å². The first-order valence-electron chi connectivity index (χ1n) is 11.4. The van der Waals surface area contributed by atoms with Crippen molar-refractivity contribution in [1.82, 2.24) is 0 Å². The lowest BCUT2D eigenvalue weighted by molar-refractivity contribution is 0.176. The van der Waals surface area contributed by atoms with E-state index in [0.29, 0.717) is 0 Å². The van der Waals surface area contributed by atoms with Crippen LogP contribution in [0.1, 0.15) is 76.8 Å². The van der Waals surface area contributed by atoms with Crippen molar-refractivity contribution in [2.45, 2.75) is 78.6 Å². The van der Waals surface area contributed by atoms with Crippen LogP contribution < -0.4 is 0 Å². The third kappa shape index (κ3) is 5.71. The zero-order valence-corrected chi connectivity index (χ0v) is 17.7. The van der Waals surface area contributed by atoms with Gasteiger partial charge in [-0.15, -0.1) is 0 Å². The second-order valence-electron chi connectivity index (χ2n) is 8.84. The maximum absolute atomic E-state index is 2.51. The van der Waals surface area contributed by atoms with Crippen LogP contribution in [0.2, 0.25) is 0 Å². The average molecular weight is 363 g/mol. The summed E-state index contributed by atoms with van der Waals surface area (Å²) in [5.41, 5.74) is 5.59. The molecule has 0 heteroatoms. The molecule has 0 nitrogen and oxygen atoms in total. The molecule has 0 heterocycles. The molecule has 146 valence electrons. The van der Waals surface area contributed by atoms with Crippen LogP contribution in [-0.4, -0.2) is 0 Å². The highest BCUT2D eigenvalue weighted by atomic mass is 14.3. The van der Waals surface area contributed by atoms with E-state index < -0.39 is 0 Å². The van der Waals surface area contributed by atoms with Gasteiger partial charge in [0.1, 0.15) is 0 Å². The normalized spacial score (nSPS) is 22.7. The number of hydrogen-bond donors (Lipinski definition) is 0. The lowest BCUT2D eigenvalue weighted by Crippen LogP contribution is -2.23. The molecule has 3 unspecified atom stereocenters. The van der Waals surface area contributed by atoms with Gasteiger partial charge in [0, 0.05) is 0 Å². The fourth-order valence-corrected chi connectivity index (χ4v) is 4.90. The van der Waals surface area contributed by atoms with Crippen LogP contribution in [0.25, 0.3) is 11.1 Å². The molecule has 2 aromatic rings. The van der Waals surface area contributed by atoms with Crippen molar-refractivity contribution in [1.29, 1.82) is 0 Å². The fourth-order valence-electron chi connectivity index (χ4n) is 4.90. The number of benzene rings is 2. The molecule has 1 fully saturated rings. The summed E-state index contributed by atoms with van der Waals surface area (Å²) in [6, 6.07) is 18.3. The minimum Gasteiger partial charge on any atom is -0.0654 e. The number of rotatable bonds is 8. The molecule has 0 aliphatic heterocycles. The Hall–Kier alpha value is -1.56. The summed E-state index contributed by atoms with van der Waals surface area (Å²) in [5, 5.41) is 0. The molecule has 2 aromatic carbocycles. The predicted molar refractivity (Wildman–Crippen MR) is 119 cm³/mol. The molecule has 1 aliphatic rings. The van der Waals surface area contributed by atoms with E-state index in [1.807, 2.05) is 0 Å². The van der Waals surface area contributed by atoms with E-state index in [0.717, 1.165) is 24.2 Å². The lowest BCUT2D eigenvalue weighted by Gasteiger charge is -2.34. The second kappa shape index (κ2) is 10.1. The van der Waals surface area contributed by atoms with Gasteiger partial charge in [-0.05, 0) is 72.1 Å². The van der Waals surface area contributed by atoms with E-state index in [2.05, 4.69) is 69.3 Å². The van der Waals surface area contributed by atoms with Gasteiger partial charge in [-0.25, -0.2) is 0 Å². The summed E-state index contributed by atoms with van der Waals surface area (Å²) in [7, 11) is 0. The Kier molecular flexibility index (Phi) is 7.56. The molecule has 1 saturated carbocycles. The SMILES string of the molecule is CCCCC1CCC(CCc2ccc(-c3ccc(CC)cc3)cc2)C(C)C1. The molecule has 27 heavy (non-hydrogen) atoms. The summed E-state index contributed by atoms with van der Waals surface area (Å²) >= 11 is 0. The summed E-state index contributed by atoms with van der Waals surface area (Å²) in [4.78, 5) is 0. The Bertz CT molecular complexity index is 664. The molecule has 3 atom stereocenters. The van der Waals surface area contributed by atoms with Gasteiger partial charge < -0.3 is 0 Å². The lowest BCUT2D eigenvalue weighted by atomic mass is 9.71. The van der Waals surface area contributed by atoms with Gasteiger partial charge >= 0.3 is 0 Å². The molecule has 0 spiro atoms. The minimum atomic E-state index is 0.914. The first-order valence-corrected chi connectivity index (χ1v) is 11.4. The Morgan fingerprint density at radius 2 is 1.41 bits per heavy atom. The Labute approximate surface area is 167 Å². The molecule has 1 aliphatic carbocycles. The zero-order valence-electron chi connectivity index (χ0n) is 17.7. The minimum absolute atomic E-state index is 0.914. The van der Waals surface area contributed by atoms with E-state index in [1.54, 1.807) is 0 Å². The molecule has 0 saturated heterocycles. The quantitative estimate of drug-likeness (QED) is 0.445.